The third kappa shape index (κ3) is 4.55. The number of hydrogen-bond acceptors (Lipinski definition) is 5. The molecule has 2 aliphatic rings. The Hall–Kier alpha value is -2.97. The van der Waals surface area contributed by atoms with Gasteiger partial charge in [-0.3, -0.25) is 14.4 Å². The van der Waals surface area contributed by atoms with Crippen molar-refractivity contribution < 1.29 is 14.3 Å². The number of benzene rings is 1. The van der Waals surface area contributed by atoms with Crippen LogP contribution in [0.1, 0.15) is 27.0 Å². The van der Waals surface area contributed by atoms with Crippen molar-refractivity contribution >= 4 is 11.8 Å². The number of amides is 2. The molecule has 0 saturated carbocycles. The second-order valence-electron chi connectivity index (χ2n) is 8.24. The van der Waals surface area contributed by atoms with Crippen LogP contribution in [0.3, 0.4) is 0 Å². The van der Waals surface area contributed by atoms with Gasteiger partial charge >= 0.3 is 0 Å². The normalized spacial score (nSPS) is 19.1. The number of morpholine rings is 1. The number of ether oxygens (including phenoxy) is 1. The Morgan fingerprint density at radius 3 is 2.68 bits per heavy atom. The van der Waals surface area contributed by atoms with Crippen molar-refractivity contribution in [1.82, 2.24) is 14.4 Å². The van der Waals surface area contributed by atoms with Gasteiger partial charge in [-0.05, 0) is 36.6 Å². The molecule has 3 heterocycles. The second kappa shape index (κ2) is 9.03. The highest BCUT2D eigenvalue weighted by Crippen LogP contribution is 2.22. The summed E-state index contributed by atoms with van der Waals surface area (Å²) in [5.41, 5.74) is 7.83. The van der Waals surface area contributed by atoms with Gasteiger partial charge in [-0.2, -0.15) is 0 Å². The highest BCUT2D eigenvalue weighted by Gasteiger charge is 2.32. The molecule has 4 rings (SSSR count). The van der Waals surface area contributed by atoms with Crippen molar-refractivity contribution in [2.75, 3.05) is 33.3 Å². The molecule has 0 radical (unpaired) electrons. The van der Waals surface area contributed by atoms with E-state index in [0.717, 1.165) is 17.7 Å². The number of fused-ring (bicyclic) bond motifs is 1. The zero-order valence-corrected chi connectivity index (χ0v) is 17.8. The standard InChI is InChI=1S/C23H28N4O4/c1-25-11-12-31-19(15-25)22(29)26-10-8-18-17(13-26)14-27(23(30)20(18)21(24)28)9-7-16-5-3-2-4-6-16/h2-6,14,19H,7-13,15H2,1H3,(H2,24,28). The predicted octanol–water partition coefficient (Wildman–Crippen LogP) is 0.405. The molecule has 0 spiro atoms. The van der Waals surface area contributed by atoms with Crippen LogP contribution in [0.15, 0.2) is 41.3 Å². The Morgan fingerprint density at radius 2 is 1.97 bits per heavy atom. The van der Waals surface area contributed by atoms with E-state index >= 15 is 0 Å². The molecular formula is C23H28N4O4. The van der Waals surface area contributed by atoms with Crippen LogP contribution in [0.25, 0.3) is 0 Å². The molecule has 164 valence electrons. The Kier molecular flexibility index (Phi) is 6.20. The molecule has 1 fully saturated rings. The smallest absolute Gasteiger partial charge is 0.263 e. The lowest BCUT2D eigenvalue weighted by molar-refractivity contribution is -0.149. The number of nitrogens with zero attached hydrogens (tertiary/aromatic N) is 3. The van der Waals surface area contributed by atoms with Crippen LogP contribution in [0.5, 0.6) is 0 Å². The minimum atomic E-state index is -0.715. The van der Waals surface area contributed by atoms with E-state index in [2.05, 4.69) is 4.90 Å². The molecule has 1 unspecified atom stereocenters. The molecule has 1 aromatic carbocycles. The maximum atomic E-state index is 13.0. The fraction of sp³-hybridized carbons (Fsp3) is 0.435. The topological polar surface area (TPSA) is 97.9 Å². The largest absolute Gasteiger partial charge is 0.366 e. The Balaban J connectivity index is 1.59. The first-order valence-corrected chi connectivity index (χ1v) is 10.6. The first kappa shape index (κ1) is 21.3. The zero-order valence-electron chi connectivity index (χ0n) is 17.8. The van der Waals surface area contributed by atoms with Gasteiger partial charge in [0.05, 0.1) is 6.61 Å². The van der Waals surface area contributed by atoms with Crippen molar-refractivity contribution in [1.29, 1.82) is 0 Å². The summed E-state index contributed by atoms with van der Waals surface area (Å²) in [6.45, 7) is 3.10. The minimum Gasteiger partial charge on any atom is -0.366 e. The highest BCUT2D eigenvalue weighted by atomic mass is 16.5. The van der Waals surface area contributed by atoms with Crippen molar-refractivity contribution in [3.8, 4) is 0 Å². The molecule has 2 aromatic rings. The van der Waals surface area contributed by atoms with Crippen LogP contribution in [-0.2, 0) is 35.5 Å². The third-order valence-electron chi connectivity index (χ3n) is 6.06. The highest BCUT2D eigenvalue weighted by molar-refractivity contribution is 5.94. The monoisotopic (exact) mass is 424 g/mol. The van der Waals surface area contributed by atoms with E-state index in [1.165, 1.54) is 0 Å². The summed E-state index contributed by atoms with van der Waals surface area (Å²) in [4.78, 5) is 41.9. The van der Waals surface area contributed by atoms with Gasteiger partial charge in [0.15, 0.2) is 0 Å². The van der Waals surface area contributed by atoms with Gasteiger partial charge in [-0.25, -0.2) is 0 Å². The fourth-order valence-electron chi connectivity index (χ4n) is 4.34. The SMILES string of the molecule is CN1CCOC(C(=O)N2CCc3c(cn(CCc4ccccc4)c(=O)c3C(N)=O)C2)C1. The minimum absolute atomic E-state index is 0.0475. The average molecular weight is 425 g/mol. The summed E-state index contributed by atoms with van der Waals surface area (Å²) in [6, 6.07) is 9.85. The molecule has 0 bridgehead atoms. The van der Waals surface area contributed by atoms with Crippen molar-refractivity contribution in [2.24, 2.45) is 5.73 Å². The summed E-state index contributed by atoms with van der Waals surface area (Å²) in [7, 11) is 1.97. The van der Waals surface area contributed by atoms with E-state index in [1.54, 1.807) is 15.7 Å². The molecule has 8 nitrogen and oxygen atoms in total. The van der Waals surface area contributed by atoms with Gasteiger partial charge in [-0.15, -0.1) is 0 Å². The summed E-state index contributed by atoms with van der Waals surface area (Å²) in [5, 5.41) is 0. The number of likely N-dealkylation sites (N-methyl/N-ethyl adjacent to an activating group) is 1. The summed E-state index contributed by atoms with van der Waals surface area (Å²) < 4.78 is 7.23. The zero-order chi connectivity index (χ0) is 22.0. The quantitative estimate of drug-likeness (QED) is 0.750. The van der Waals surface area contributed by atoms with Crippen LogP contribution in [0.4, 0.5) is 0 Å². The Morgan fingerprint density at radius 1 is 1.19 bits per heavy atom. The molecule has 1 atom stereocenters. The van der Waals surface area contributed by atoms with Gasteiger partial charge in [0, 0.05) is 38.9 Å². The predicted molar refractivity (Wildman–Crippen MR) is 116 cm³/mol. The van der Waals surface area contributed by atoms with Crippen LogP contribution in [0, 0.1) is 0 Å². The number of rotatable bonds is 5. The molecule has 2 N–H and O–H groups in total. The van der Waals surface area contributed by atoms with Crippen LogP contribution in [0.2, 0.25) is 0 Å². The number of carbonyl (C=O) groups is 2. The molecule has 2 aliphatic heterocycles. The fourth-order valence-corrected chi connectivity index (χ4v) is 4.34. The number of carbonyl (C=O) groups excluding carboxylic acids is 2. The molecule has 1 saturated heterocycles. The lowest BCUT2D eigenvalue weighted by atomic mass is 9.95. The lowest BCUT2D eigenvalue weighted by Gasteiger charge is -2.35. The summed E-state index contributed by atoms with van der Waals surface area (Å²) >= 11 is 0. The van der Waals surface area contributed by atoms with E-state index in [4.69, 9.17) is 10.5 Å². The molecule has 2 amide bonds. The van der Waals surface area contributed by atoms with Crippen LogP contribution in [-0.4, -0.2) is 65.6 Å². The van der Waals surface area contributed by atoms with Gasteiger partial charge < -0.3 is 24.8 Å². The van der Waals surface area contributed by atoms with Crippen molar-refractivity contribution in [2.45, 2.75) is 32.0 Å². The molecular weight excluding hydrogens is 396 g/mol. The van der Waals surface area contributed by atoms with Crippen LogP contribution >= 0.6 is 0 Å². The van der Waals surface area contributed by atoms with E-state index in [-0.39, 0.29) is 17.0 Å². The number of nitrogens with two attached hydrogens (primary N) is 1. The van der Waals surface area contributed by atoms with Crippen molar-refractivity contribution in [3.05, 3.63) is 69.1 Å². The molecule has 0 aliphatic carbocycles. The Bertz CT molecular complexity index is 1030. The van der Waals surface area contributed by atoms with Gasteiger partial charge in [0.2, 0.25) is 0 Å². The maximum Gasteiger partial charge on any atom is 0.263 e. The first-order chi connectivity index (χ1) is 14.9. The average Bonchev–Trinajstić information content (AvgIpc) is 2.77. The number of aromatic nitrogens is 1. The number of aryl methyl sites for hydroxylation is 2. The van der Waals surface area contributed by atoms with Gasteiger partial charge in [0.25, 0.3) is 17.4 Å². The van der Waals surface area contributed by atoms with Crippen LogP contribution < -0.4 is 11.3 Å². The van der Waals surface area contributed by atoms with E-state index in [1.807, 2.05) is 37.4 Å². The van der Waals surface area contributed by atoms with E-state index in [9.17, 15) is 14.4 Å². The van der Waals surface area contributed by atoms with E-state index < -0.39 is 12.0 Å². The number of hydrogen-bond donors (Lipinski definition) is 1. The van der Waals surface area contributed by atoms with Crippen molar-refractivity contribution in [3.63, 3.8) is 0 Å². The lowest BCUT2D eigenvalue weighted by Crippen LogP contribution is -2.51. The van der Waals surface area contributed by atoms with Gasteiger partial charge in [0.1, 0.15) is 11.7 Å². The number of primary amides is 1. The maximum absolute atomic E-state index is 13.0. The summed E-state index contributed by atoms with van der Waals surface area (Å²) in [6.07, 6.45) is 2.37. The second-order valence-corrected chi connectivity index (χ2v) is 8.24. The summed E-state index contributed by atoms with van der Waals surface area (Å²) in [5.74, 6) is -0.771. The Labute approximate surface area is 181 Å². The van der Waals surface area contributed by atoms with E-state index in [0.29, 0.717) is 51.2 Å². The first-order valence-electron chi connectivity index (χ1n) is 10.6. The number of pyridine rings is 1. The molecule has 1 aromatic heterocycles. The molecule has 8 heteroatoms. The third-order valence-corrected chi connectivity index (χ3v) is 6.06. The molecule has 31 heavy (non-hydrogen) atoms. The van der Waals surface area contributed by atoms with Gasteiger partial charge in [-0.1, -0.05) is 30.3 Å².